The topological polar surface area (TPSA) is 0 Å². The minimum atomic E-state index is -2.33. The van der Waals surface area contributed by atoms with E-state index >= 15 is 0 Å². The third kappa shape index (κ3) is 0.599. The van der Waals surface area contributed by atoms with Crippen LogP contribution in [0, 0.1) is 17.3 Å². The smallest absolute Gasteiger partial charge is 0.206 e. The summed E-state index contributed by atoms with van der Waals surface area (Å²) in [5, 5.41) is 0. The Kier molecular flexibility index (Phi) is 0.911. The van der Waals surface area contributed by atoms with Gasteiger partial charge in [0, 0.05) is 11.8 Å². The molecule has 0 amide bonds. The van der Waals surface area contributed by atoms with Crippen LogP contribution in [-0.2, 0) is 0 Å². The number of alkyl halides is 2. The average Bonchev–Trinajstić information content (AvgIpc) is 2.54. The molecule has 0 bridgehead atoms. The van der Waals surface area contributed by atoms with Crippen LogP contribution in [0.1, 0.15) is 26.7 Å². The van der Waals surface area contributed by atoms with Crippen molar-refractivity contribution < 1.29 is 8.78 Å². The third-order valence-corrected chi connectivity index (χ3v) is 3.23. The van der Waals surface area contributed by atoms with Gasteiger partial charge in [0.05, 0.1) is 0 Å². The Morgan fingerprint density at radius 3 is 1.90 bits per heavy atom. The molecule has 0 aromatic carbocycles. The molecule has 0 nitrogen and oxygen atoms in total. The molecule has 0 N–H and O–H groups in total. The quantitative estimate of drug-likeness (QED) is 0.533. The maximum atomic E-state index is 12.6. The number of rotatable bonds is 1. The summed E-state index contributed by atoms with van der Waals surface area (Å²) in [6, 6.07) is 0. The van der Waals surface area contributed by atoms with Crippen molar-refractivity contribution in [3.8, 4) is 0 Å². The van der Waals surface area contributed by atoms with Crippen LogP contribution in [0.4, 0.5) is 8.78 Å². The Bertz CT molecular complexity index is 176. The van der Waals surface area contributed by atoms with Crippen molar-refractivity contribution in [1.29, 1.82) is 0 Å². The molecule has 0 saturated heterocycles. The zero-order valence-electron chi connectivity index (χ0n) is 6.32. The van der Waals surface area contributed by atoms with Gasteiger partial charge in [-0.05, 0) is 18.3 Å². The molecule has 3 atom stereocenters. The van der Waals surface area contributed by atoms with Gasteiger partial charge in [-0.2, -0.15) is 0 Å². The van der Waals surface area contributed by atoms with E-state index in [9.17, 15) is 8.78 Å². The molecule has 2 saturated carbocycles. The van der Waals surface area contributed by atoms with Gasteiger partial charge in [-0.1, -0.05) is 13.8 Å². The number of hydrogen-bond donors (Lipinski definition) is 0. The fourth-order valence-corrected chi connectivity index (χ4v) is 2.03. The molecule has 2 aliphatic rings. The zero-order valence-corrected chi connectivity index (χ0v) is 6.32. The fraction of sp³-hybridized carbons (Fsp3) is 1.00. The van der Waals surface area contributed by atoms with E-state index in [1.165, 1.54) is 0 Å². The van der Waals surface area contributed by atoms with Gasteiger partial charge in [0.1, 0.15) is 0 Å². The molecule has 2 rings (SSSR count). The summed E-state index contributed by atoms with van der Waals surface area (Å²) >= 11 is 0. The van der Waals surface area contributed by atoms with E-state index in [0.717, 1.165) is 6.42 Å². The lowest BCUT2D eigenvalue weighted by Gasteiger charge is -2.06. The molecule has 0 spiro atoms. The first-order chi connectivity index (χ1) is 4.47. The van der Waals surface area contributed by atoms with Gasteiger partial charge in [-0.3, -0.25) is 0 Å². The first kappa shape index (κ1) is 6.56. The predicted molar refractivity (Wildman–Crippen MR) is 34.9 cm³/mol. The lowest BCUT2D eigenvalue weighted by atomic mass is 10.0. The van der Waals surface area contributed by atoms with E-state index < -0.39 is 11.3 Å². The summed E-state index contributed by atoms with van der Waals surface area (Å²) in [6.07, 6.45) is 1.15. The van der Waals surface area contributed by atoms with E-state index in [4.69, 9.17) is 0 Å². The SMILES string of the molecule is CC1CC1C1(C)CC1(F)F. The van der Waals surface area contributed by atoms with Crippen LogP contribution in [0.25, 0.3) is 0 Å². The second-order valence-corrected chi connectivity index (χ2v) is 4.12. The summed E-state index contributed by atoms with van der Waals surface area (Å²) in [7, 11) is 0. The Morgan fingerprint density at radius 2 is 1.80 bits per heavy atom. The Morgan fingerprint density at radius 1 is 1.40 bits per heavy atom. The van der Waals surface area contributed by atoms with Crippen LogP contribution in [0.3, 0.4) is 0 Å². The van der Waals surface area contributed by atoms with Crippen molar-refractivity contribution in [2.45, 2.75) is 32.6 Å². The summed E-state index contributed by atoms with van der Waals surface area (Å²) in [4.78, 5) is 0. The molecule has 0 heterocycles. The Hall–Kier alpha value is -0.140. The van der Waals surface area contributed by atoms with E-state index in [-0.39, 0.29) is 6.42 Å². The van der Waals surface area contributed by atoms with Crippen LogP contribution in [0.15, 0.2) is 0 Å². The monoisotopic (exact) mass is 146 g/mol. The number of halogens is 2. The summed E-state index contributed by atoms with van der Waals surface area (Å²) < 4.78 is 25.3. The standard InChI is InChI=1S/C8H12F2/c1-5-3-6(5)7(2)4-8(7,9)10/h5-6H,3-4H2,1-2H3. The minimum absolute atomic E-state index is 0.134. The molecular formula is C8H12F2. The van der Waals surface area contributed by atoms with Crippen molar-refractivity contribution in [2.24, 2.45) is 17.3 Å². The predicted octanol–water partition coefficient (Wildman–Crippen LogP) is 2.69. The van der Waals surface area contributed by atoms with Gasteiger partial charge in [-0.25, -0.2) is 8.78 Å². The van der Waals surface area contributed by atoms with Crippen molar-refractivity contribution in [2.75, 3.05) is 0 Å². The lowest BCUT2D eigenvalue weighted by Crippen LogP contribution is -2.09. The van der Waals surface area contributed by atoms with Crippen LogP contribution < -0.4 is 0 Å². The summed E-state index contributed by atoms with van der Waals surface area (Å²) in [5.41, 5.74) is -0.605. The van der Waals surface area contributed by atoms with Gasteiger partial charge >= 0.3 is 0 Å². The second-order valence-electron chi connectivity index (χ2n) is 4.12. The van der Waals surface area contributed by atoms with Crippen LogP contribution >= 0.6 is 0 Å². The molecular weight excluding hydrogens is 134 g/mol. The first-order valence-electron chi connectivity index (χ1n) is 3.85. The van der Waals surface area contributed by atoms with E-state index in [0.29, 0.717) is 11.8 Å². The van der Waals surface area contributed by atoms with Crippen LogP contribution in [-0.4, -0.2) is 5.92 Å². The molecule has 0 aromatic rings. The Balaban J connectivity index is 2.07. The maximum absolute atomic E-state index is 12.6. The van der Waals surface area contributed by atoms with Gasteiger partial charge < -0.3 is 0 Å². The molecule has 2 aliphatic carbocycles. The summed E-state index contributed by atoms with van der Waals surface area (Å²) in [5.74, 6) is -1.46. The van der Waals surface area contributed by atoms with Crippen molar-refractivity contribution in [3.05, 3.63) is 0 Å². The first-order valence-corrected chi connectivity index (χ1v) is 3.85. The highest BCUT2D eigenvalue weighted by Gasteiger charge is 2.74. The van der Waals surface area contributed by atoms with Crippen molar-refractivity contribution in [1.82, 2.24) is 0 Å². The molecule has 0 aliphatic heterocycles. The van der Waals surface area contributed by atoms with E-state index in [1.54, 1.807) is 6.92 Å². The van der Waals surface area contributed by atoms with Crippen LogP contribution in [0.2, 0.25) is 0 Å². The van der Waals surface area contributed by atoms with Gasteiger partial charge in [0.2, 0.25) is 0 Å². The van der Waals surface area contributed by atoms with Gasteiger partial charge in [0.25, 0.3) is 5.92 Å². The van der Waals surface area contributed by atoms with Crippen molar-refractivity contribution >= 4 is 0 Å². The zero-order chi connectivity index (χ0) is 7.57. The second kappa shape index (κ2) is 1.39. The van der Waals surface area contributed by atoms with Gasteiger partial charge in [0.15, 0.2) is 0 Å². The van der Waals surface area contributed by atoms with E-state index in [2.05, 4.69) is 6.92 Å². The number of hydrogen-bond acceptors (Lipinski definition) is 0. The lowest BCUT2D eigenvalue weighted by molar-refractivity contribution is 0.0603. The molecule has 3 unspecified atom stereocenters. The highest BCUT2D eigenvalue weighted by Crippen LogP contribution is 2.71. The highest BCUT2D eigenvalue weighted by atomic mass is 19.3. The highest BCUT2D eigenvalue weighted by molar-refractivity contribution is 5.15. The molecule has 0 radical (unpaired) electrons. The fourth-order valence-electron chi connectivity index (χ4n) is 2.03. The Labute approximate surface area is 59.6 Å². The van der Waals surface area contributed by atoms with Gasteiger partial charge in [-0.15, -0.1) is 0 Å². The maximum Gasteiger partial charge on any atom is 0.254 e. The normalized spacial score (nSPS) is 56.4. The minimum Gasteiger partial charge on any atom is -0.206 e. The molecule has 2 fully saturated rings. The molecule has 58 valence electrons. The third-order valence-electron chi connectivity index (χ3n) is 3.23. The average molecular weight is 146 g/mol. The molecule has 10 heavy (non-hydrogen) atoms. The summed E-state index contributed by atoms with van der Waals surface area (Å²) in [6.45, 7) is 3.78. The van der Waals surface area contributed by atoms with Crippen molar-refractivity contribution in [3.63, 3.8) is 0 Å². The van der Waals surface area contributed by atoms with E-state index in [1.807, 2.05) is 0 Å². The largest absolute Gasteiger partial charge is 0.254 e. The molecule has 2 heteroatoms. The molecule has 0 aromatic heterocycles. The van der Waals surface area contributed by atoms with Crippen LogP contribution in [0.5, 0.6) is 0 Å².